The fourth-order valence-corrected chi connectivity index (χ4v) is 11.0. The Balaban J connectivity index is 1.13. The van der Waals surface area contributed by atoms with Gasteiger partial charge in [-0.25, -0.2) is 9.78 Å². The summed E-state index contributed by atoms with van der Waals surface area (Å²) in [7, 11) is -2.51. The van der Waals surface area contributed by atoms with E-state index in [2.05, 4.69) is 10.6 Å². The first-order valence-electron chi connectivity index (χ1n) is 20.4. The Morgan fingerprint density at radius 2 is 1.83 bits per heavy atom. The predicted molar refractivity (Wildman–Crippen MR) is 217 cm³/mol. The van der Waals surface area contributed by atoms with Gasteiger partial charge in [0.25, 0.3) is 0 Å². The van der Waals surface area contributed by atoms with Crippen LogP contribution in [0.15, 0.2) is 89.6 Å². The van der Waals surface area contributed by atoms with Crippen LogP contribution in [0.3, 0.4) is 0 Å². The number of hydrogen-bond donors (Lipinski definition) is 3. The summed E-state index contributed by atoms with van der Waals surface area (Å²) in [4.78, 5) is 60.8. The Kier molecular flexibility index (Phi) is 11.6. The van der Waals surface area contributed by atoms with Gasteiger partial charge in [-0.2, -0.15) is 0 Å². The van der Waals surface area contributed by atoms with E-state index in [-0.39, 0.29) is 37.6 Å². The van der Waals surface area contributed by atoms with Crippen LogP contribution in [-0.4, -0.2) is 75.9 Å². The summed E-state index contributed by atoms with van der Waals surface area (Å²) in [6.45, 7) is 0.0346. The van der Waals surface area contributed by atoms with Gasteiger partial charge in [0.15, 0.2) is 0 Å². The highest BCUT2D eigenvalue weighted by atomic mass is 31.2. The summed E-state index contributed by atoms with van der Waals surface area (Å²) in [5.41, 5.74) is 2.20. The molecule has 58 heavy (non-hydrogen) atoms. The number of nitrogens with one attached hydrogen (secondary N) is 2. The maximum absolute atomic E-state index is 14.8. The number of fused-ring (bicyclic) bond motifs is 3. The number of benzene rings is 2. The molecule has 2 aliphatic heterocycles. The zero-order chi connectivity index (χ0) is 40.3. The predicted octanol–water partition coefficient (Wildman–Crippen LogP) is 7.71. The number of allylic oxidation sites excluding steroid dienone is 1. The molecule has 6 atom stereocenters. The Labute approximate surface area is 338 Å². The molecule has 2 aromatic heterocycles. The van der Waals surface area contributed by atoms with E-state index in [1.165, 1.54) is 11.2 Å². The lowest BCUT2D eigenvalue weighted by Gasteiger charge is -2.31. The molecule has 13 nitrogen and oxygen atoms in total. The average molecular weight is 811 g/mol. The third kappa shape index (κ3) is 8.52. The number of furan rings is 1. The average Bonchev–Trinajstić information content (AvgIpc) is 3.68. The molecule has 1 saturated heterocycles. The van der Waals surface area contributed by atoms with Gasteiger partial charge >= 0.3 is 6.09 Å². The highest BCUT2D eigenvalue weighted by Gasteiger charge is 2.66. The van der Waals surface area contributed by atoms with Gasteiger partial charge in [0, 0.05) is 35.4 Å². The van der Waals surface area contributed by atoms with Crippen LogP contribution in [0.1, 0.15) is 76.4 Å². The summed E-state index contributed by atoms with van der Waals surface area (Å²) < 4.78 is 37.8. The largest absolute Gasteiger partial charge is 0.497 e. The Bertz CT molecular complexity index is 2190. The molecule has 2 aromatic carbocycles. The molecule has 306 valence electrons. The number of nitrogens with zero attached hydrogens (tertiary/aromatic N) is 2. The van der Waals surface area contributed by atoms with Crippen molar-refractivity contribution < 1.29 is 42.5 Å². The Hall–Kier alpha value is -5.13. The van der Waals surface area contributed by atoms with E-state index in [0.717, 1.165) is 55.9 Å². The quantitative estimate of drug-likeness (QED) is 0.112. The molecule has 14 heteroatoms. The standard InChI is InChI=1S/C44H51N4O9P/c1-54-32-20-21-35-38(23-32)45-37(29-13-6-5-7-14-29)25-40(35)56-34-24-39-41(49)47-44(58(52,53)28-33-18-12-22-55-33)26-30(44)15-8-3-2-4-9-19-36(42(50)48(39)27-34)46-43(51)57-31-16-10-11-17-31/h5-8,12-15,18,20-23,25,30-31,34,36,39H,2-4,9-11,16-17,19,24,26-28H2,1H3,(H,46,51)(H,47,49)(H,52,53)/b15-8-/t30-,34+,36-,39-,44-/m0/s1. The van der Waals surface area contributed by atoms with Crippen LogP contribution in [0.4, 0.5) is 4.79 Å². The molecule has 2 saturated carbocycles. The first-order chi connectivity index (χ1) is 28.1. The maximum Gasteiger partial charge on any atom is 0.408 e. The van der Waals surface area contributed by atoms with Crippen molar-refractivity contribution in [2.24, 2.45) is 5.92 Å². The van der Waals surface area contributed by atoms with E-state index in [4.69, 9.17) is 23.6 Å². The van der Waals surface area contributed by atoms with Crippen molar-refractivity contribution in [3.8, 4) is 22.8 Å². The number of alkyl carbamates (subject to hydrolysis) is 1. The number of carbonyl (C=O) groups excluding carboxylic acids is 3. The van der Waals surface area contributed by atoms with Crippen LogP contribution in [0, 0.1) is 5.92 Å². The number of amides is 3. The number of hydrogen-bond acceptors (Lipinski definition) is 9. The third-order valence-electron chi connectivity index (χ3n) is 12.0. The molecule has 4 aromatic rings. The van der Waals surface area contributed by atoms with Gasteiger partial charge in [0.1, 0.15) is 46.8 Å². The van der Waals surface area contributed by atoms with E-state index in [9.17, 15) is 23.8 Å². The van der Waals surface area contributed by atoms with Crippen molar-refractivity contribution in [3.05, 3.63) is 90.9 Å². The number of methoxy groups -OCH3 is 1. The Morgan fingerprint density at radius 3 is 2.60 bits per heavy atom. The molecule has 3 fully saturated rings. The highest BCUT2D eigenvalue weighted by Crippen LogP contribution is 2.71. The van der Waals surface area contributed by atoms with Crippen molar-refractivity contribution >= 4 is 36.2 Å². The molecule has 4 aliphatic rings. The number of pyridine rings is 1. The summed E-state index contributed by atoms with van der Waals surface area (Å²) in [5.74, 6) is 0.138. The van der Waals surface area contributed by atoms with Crippen molar-refractivity contribution in [2.75, 3.05) is 13.7 Å². The monoisotopic (exact) mass is 810 g/mol. The molecular formula is C44H51N4O9P. The summed E-state index contributed by atoms with van der Waals surface area (Å²) in [6.07, 6.45) is 11.0. The second-order valence-corrected chi connectivity index (χ2v) is 18.5. The van der Waals surface area contributed by atoms with E-state index >= 15 is 0 Å². The van der Waals surface area contributed by atoms with Gasteiger partial charge in [-0.1, -0.05) is 55.3 Å². The zero-order valence-electron chi connectivity index (χ0n) is 32.7. The molecule has 3 N–H and O–H groups in total. The van der Waals surface area contributed by atoms with Gasteiger partial charge in [-0.3, -0.25) is 14.2 Å². The Morgan fingerprint density at radius 1 is 1.02 bits per heavy atom. The first-order valence-corrected chi connectivity index (χ1v) is 22.3. The van der Waals surface area contributed by atoms with E-state index in [1.807, 2.05) is 66.7 Å². The molecule has 4 heterocycles. The summed E-state index contributed by atoms with van der Waals surface area (Å²) >= 11 is 0. The van der Waals surface area contributed by atoms with Crippen molar-refractivity contribution in [1.29, 1.82) is 0 Å². The fourth-order valence-electron chi connectivity index (χ4n) is 8.74. The fraction of sp³-hybridized carbons (Fsp3) is 0.455. The SMILES string of the molecule is COc1ccc2c(O[C@@H]3C[C@H]4C(=O)N[C@]5(P(=O)(O)Cc6ccco6)C[C@@H]5/C=C\CCCCC[C@H](NC(=O)OC5CCCC5)C(=O)N4C3)cc(-c3ccccc3)nc2c1. The minimum absolute atomic E-state index is 0.0346. The second kappa shape index (κ2) is 17.0. The summed E-state index contributed by atoms with van der Waals surface area (Å²) in [6, 6.07) is 18.4. The van der Waals surface area contributed by atoms with E-state index in [0.29, 0.717) is 41.3 Å². The minimum atomic E-state index is -4.10. The third-order valence-corrected chi connectivity index (χ3v) is 14.6. The van der Waals surface area contributed by atoms with Crippen LogP contribution < -0.4 is 20.1 Å². The molecule has 0 radical (unpaired) electrons. The van der Waals surface area contributed by atoms with Crippen LogP contribution in [0.25, 0.3) is 22.2 Å². The topological polar surface area (TPSA) is 170 Å². The lowest BCUT2D eigenvalue weighted by Crippen LogP contribution is -2.55. The van der Waals surface area contributed by atoms with E-state index < -0.39 is 48.7 Å². The molecule has 3 amide bonds. The zero-order valence-corrected chi connectivity index (χ0v) is 33.6. The van der Waals surface area contributed by atoms with Gasteiger partial charge < -0.3 is 39.1 Å². The van der Waals surface area contributed by atoms with Crippen molar-refractivity contribution in [1.82, 2.24) is 20.5 Å². The van der Waals surface area contributed by atoms with Crippen LogP contribution in [0.2, 0.25) is 0 Å². The normalized spacial score (nSPS) is 27.0. The minimum Gasteiger partial charge on any atom is -0.497 e. The molecular weight excluding hydrogens is 759 g/mol. The van der Waals surface area contributed by atoms with Gasteiger partial charge in [-0.15, -0.1) is 0 Å². The van der Waals surface area contributed by atoms with Gasteiger partial charge in [0.05, 0.1) is 37.3 Å². The van der Waals surface area contributed by atoms with Crippen molar-refractivity contribution in [2.45, 2.75) is 106 Å². The molecule has 8 rings (SSSR count). The van der Waals surface area contributed by atoms with E-state index in [1.54, 1.807) is 19.2 Å². The van der Waals surface area contributed by atoms with Crippen LogP contribution >= 0.6 is 7.37 Å². The maximum atomic E-state index is 14.8. The van der Waals surface area contributed by atoms with Crippen LogP contribution in [-0.2, 0) is 25.1 Å². The van der Waals surface area contributed by atoms with Gasteiger partial charge in [0.2, 0.25) is 19.2 Å². The number of aromatic nitrogens is 1. The van der Waals surface area contributed by atoms with Gasteiger partial charge in [-0.05, 0) is 75.6 Å². The smallest absolute Gasteiger partial charge is 0.408 e. The molecule has 2 aliphatic carbocycles. The molecule has 1 unspecified atom stereocenters. The number of carbonyl (C=O) groups is 3. The first kappa shape index (κ1) is 39.7. The van der Waals surface area contributed by atoms with Crippen molar-refractivity contribution in [3.63, 3.8) is 0 Å². The second-order valence-electron chi connectivity index (χ2n) is 16.0. The number of ether oxygens (including phenoxy) is 3. The highest BCUT2D eigenvalue weighted by molar-refractivity contribution is 7.59. The lowest BCUT2D eigenvalue weighted by molar-refractivity contribution is -0.140. The molecule has 0 bridgehead atoms. The lowest BCUT2D eigenvalue weighted by atomic mass is 10.0. The van der Waals surface area contributed by atoms with Crippen LogP contribution in [0.5, 0.6) is 11.5 Å². The summed E-state index contributed by atoms with van der Waals surface area (Å²) in [5, 5.41) is 5.16. The molecule has 0 spiro atoms. The number of rotatable bonds is 9.